The van der Waals surface area contributed by atoms with Gasteiger partial charge in [-0.05, 0) is 42.3 Å². The third-order valence-electron chi connectivity index (χ3n) is 3.16. The number of rotatable bonds is 3. The number of carbonyl (C=O) groups excluding carboxylic acids is 1. The molecule has 0 spiro atoms. The van der Waals surface area contributed by atoms with Gasteiger partial charge >= 0.3 is 0 Å². The predicted molar refractivity (Wildman–Crippen MR) is 77.9 cm³/mol. The number of hydrogen-bond acceptors (Lipinski definition) is 3. The second kappa shape index (κ2) is 5.89. The molecule has 0 aliphatic rings. The summed E-state index contributed by atoms with van der Waals surface area (Å²) in [6, 6.07) is 14.4. The molecule has 4 nitrogen and oxygen atoms in total. The number of benzene rings is 2. The molecule has 2 aromatic carbocycles. The molecule has 3 N–H and O–H groups in total. The molecule has 0 aromatic heterocycles. The van der Waals surface area contributed by atoms with Crippen molar-refractivity contribution in [3.05, 3.63) is 64.7 Å². The monoisotopic (exact) mass is 265 g/mol. The summed E-state index contributed by atoms with van der Waals surface area (Å²) in [7, 11) is 0. The lowest BCUT2D eigenvalue weighted by Crippen LogP contribution is -2.23. The van der Waals surface area contributed by atoms with Crippen LogP contribution in [-0.2, 0) is 6.54 Å². The van der Waals surface area contributed by atoms with Crippen molar-refractivity contribution in [1.29, 1.82) is 5.26 Å². The molecule has 0 unspecified atom stereocenters. The first-order valence-corrected chi connectivity index (χ1v) is 6.24. The first-order valence-electron chi connectivity index (χ1n) is 6.24. The number of hydrogen-bond donors (Lipinski definition) is 2. The molecule has 0 saturated heterocycles. The Morgan fingerprint density at radius 1 is 1.25 bits per heavy atom. The molecule has 2 aromatic rings. The summed E-state index contributed by atoms with van der Waals surface area (Å²) in [6.45, 7) is 2.24. The first kappa shape index (κ1) is 13.6. The van der Waals surface area contributed by atoms with E-state index in [9.17, 15) is 4.79 Å². The number of nitrogens with two attached hydrogens (primary N) is 1. The molecule has 0 bridgehead atoms. The SMILES string of the molecule is Cc1c(N)cccc1C(=O)NCc1ccc(C#N)cc1. The Balaban J connectivity index is 2.05. The molecule has 4 heteroatoms. The van der Waals surface area contributed by atoms with Crippen LogP contribution in [-0.4, -0.2) is 5.91 Å². The van der Waals surface area contributed by atoms with Gasteiger partial charge in [0.15, 0.2) is 0 Å². The molecule has 100 valence electrons. The van der Waals surface area contributed by atoms with Gasteiger partial charge in [-0.1, -0.05) is 18.2 Å². The zero-order valence-electron chi connectivity index (χ0n) is 11.2. The molecule has 0 aliphatic heterocycles. The lowest BCUT2D eigenvalue weighted by Gasteiger charge is -2.09. The summed E-state index contributed by atoms with van der Waals surface area (Å²) in [5.74, 6) is -0.154. The molecule has 0 radical (unpaired) electrons. The number of nitriles is 1. The zero-order chi connectivity index (χ0) is 14.5. The smallest absolute Gasteiger partial charge is 0.251 e. The van der Waals surface area contributed by atoms with Crippen LogP contribution < -0.4 is 11.1 Å². The summed E-state index contributed by atoms with van der Waals surface area (Å²) in [4.78, 5) is 12.1. The second-order valence-electron chi connectivity index (χ2n) is 4.51. The molecule has 0 heterocycles. The fourth-order valence-corrected chi connectivity index (χ4v) is 1.87. The van der Waals surface area contributed by atoms with Crippen LogP contribution in [0.2, 0.25) is 0 Å². The van der Waals surface area contributed by atoms with Crippen molar-refractivity contribution in [2.24, 2.45) is 0 Å². The molecular weight excluding hydrogens is 250 g/mol. The number of nitrogens with one attached hydrogen (secondary N) is 1. The maximum Gasteiger partial charge on any atom is 0.251 e. The summed E-state index contributed by atoms with van der Waals surface area (Å²) >= 11 is 0. The Kier molecular flexibility index (Phi) is 4.02. The van der Waals surface area contributed by atoms with E-state index in [1.165, 1.54) is 0 Å². The van der Waals surface area contributed by atoms with Crippen molar-refractivity contribution >= 4 is 11.6 Å². The Bertz CT molecular complexity index is 669. The highest BCUT2D eigenvalue weighted by molar-refractivity contribution is 5.96. The summed E-state index contributed by atoms with van der Waals surface area (Å²) in [5.41, 5.74) is 9.31. The molecule has 1 amide bonds. The third kappa shape index (κ3) is 2.96. The van der Waals surface area contributed by atoms with Crippen LogP contribution in [0.5, 0.6) is 0 Å². The van der Waals surface area contributed by atoms with Gasteiger partial charge in [-0.3, -0.25) is 4.79 Å². The van der Waals surface area contributed by atoms with E-state index in [1.807, 2.05) is 19.1 Å². The number of carbonyl (C=O) groups is 1. The first-order chi connectivity index (χ1) is 9.61. The Labute approximate surface area is 117 Å². The van der Waals surface area contributed by atoms with Crippen LogP contribution in [0.1, 0.15) is 27.0 Å². The van der Waals surface area contributed by atoms with Crippen molar-refractivity contribution in [2.45, 2.75) is 13.5 Å². The second-order valence-corrected chi connectivity index (χ2v) is 4.51. The minimum Gasteiger partial charge on any atom is -0.398 e. The standard InChI is InChI=1S/C16H15N3O/c1-11-14(3-2-4-15(11)18)16(20)19-10-13-7-5-12(9-17)6-8-13/h2-8H,10,18H2,1H3,(H,19,20). The molecule has 2 rings (SSSR count). The van der Waals surface area contributed by atoms with E-state index in [-0.39, 0.29) is 5.91 Å². The van der Waals surface area contributed by atoms with Gasteiger partial charge in [-0.15, -0.1) is 0 Å². The molecule has 0 saturated carbocycles. The number of nitrogens with zero attached hydrogens (tertiary/aromatic N) is 1. The minimum atomic E-state index is -0.154. The summed E-state index contributed by atoms with van der Waals surface area (Å²) < 4.78 is 0. The van der Waals surface area contributed by atoms with Crippen LogP contribution in [0, 0.1) is 18.3 Å². The van der Waals surface area contributed by atoms with Gasteiger partial charge in [0.1, 0.15) is 0 Å². The van der Waals surface area contributed by atoms with Crippen LogP contribution >= 0.6 is 0 Å². The van der Waals surface area contributed by atoms with Crippen molar-refractivity contribution in [3.8, 4) is 6.07 Å². The van der Waals surface area contributed by atoms with Crippen LogP contribution in [0.25, 0.3) is 0 Å². The van der Waals surface area contributed by atoms with Crippen LogP contribution in [0.4, 0.5) is 5.69 Å². The maximum atomic E-state index is 12.1. The summed E-state index contributed by atoms with van der Waals surface area (Å²) in [5, 5.41) is 11.6. The zero-order valence-corrected chi connectivity index (χ0v) is 11.2. The van der Waals surface area contributed by atoms with E-state index in [0.29, 0.717) is 23.4 Å². The molecule has 0 aliphatic carbocycles. The normalized spacial score (nSPS) is 9.80. The Hall–Kier alpha value is -2.80. The number of anilines is 1. The molecular formula is C16H15N3O. The van der Waals surface area contributed by atoms with E-state index in [0.717, 1.165) is 11.1 Å². The van der Waals surface area contributed by atoms with Gasteiger partial charge in [0.25, 0.3) is 5.91 Å². The van der Waals surface area contributed by atoms with Gasteiger partial charge in [0.2, 0.25) is 0 Å². The van der Waals surface area contributed by atoms with Gasteiger partial charge in [0.05, 0.1) is 11.6 Å². The van der Waals surface area contributed by atoms with Crippen LogP contribution in [0.3, 0.4) is 0 Å². The highest BCUT2D eigenvalue weighted by Crippen LogP contribution is 2.15. The van der Waals surface area contributed by atoms with Gasteiger partial charge in [-0.2, -0.15) is 5.26 Å². The number of amides is 1. The lowest BCUT2D eigenvalue weighted by atomic mass is 10.1. The third-order valence-corrected chi connectivity index (χ3v) is 3.16. The van der Waals surface area contributed by atoms with Crippen molar-refractivity contribution in [1.82, 2.24) is 5.32 Å². The van der Waals surface area contributed by atoms with E-state index in [4.69, 9.17) is 11.0 Å². The largest absolute Gasteiger partial charge is 0.398 e. The van der Waals surface area contributed by atoms with E-state index in [2.05, 4.69) is 11.4 Å². The molecule has 0 fully saturated rings. The predicted octanol–water partition coefficient (Wildman–Crippen LogP) is 2.38. The average Bonchev–Trinajstić information content (AvgIpc) is 2.48. The van der Waals surface area contributed by atoms with Gasteiger partial charge in [-0.25, -0.2) is 0 Å². The van der Waals surface area contributed by atoms with Gasteiger partial charge < -0.3 is 11.1 Å². The number of nitrogen functional groups attached to an aromatic ring is 1. The molecule has 20 heavy (non-hydrogen) atoms. The Morgan fingerprint density at radius 2 is 1.95 bits per heavy atom. The summed E-state index contributed by atoms with van der Waals surface area (Å²) in [6.07, 6.45) is 0. The van der Waals surface area contributed by atoms with Gasteiger partial charge in [0, 0.05) is 17.8 Å². The lowest BCUT2D eigenvalue weighted by molar-refractivity contribution is 0.0950. The fourth-order valence-electron chi connectivity index (χ4n) is 1.87. The quantitative estimate of drug-likeness (QED) is 0.836. The fraction of sp³-hybridized carbons (Fsp3) is 0.125. The highest BCUT2D eigenvalue weighted by Gasteiger charge is 2.09. The van der Waals surface area contributed by atoms with Crippen molar-refractivity contribution in [2.75, 3.05) is 5.73 Å². The average molecular weight is 265 g/mol. The maximum absolute atomic E-state index is 12.1. The van der Waals surface area contributed by atoms with E-state index in [1.54, 1.807) is 30.3 Å². The highest BCUT2D eigenvalue weighted by atomic mass is 16.1. The van der Waals surface area contributed by atoms with Crippen molar-refractivity contribution in [3.63, 3.8) is 0 Å². The van der Waals surface area contributed by atoms with Crippen LogP contribution in [0.15, 0.2) is 42.5 Å². The topological polar surface area (TPSA) is 78.9 Å². The van der Waals surface area contributed by atoms with E-state index < -0.39 is 0 Å². The molecule has 0 atom stereocenters. The van der Waals surface area contributed by atoms with Crippen molar-refractivity contribution < 1.29 is 4.79 Å². The minimum absolute atomic E-state index is 0.154. The van der Waals surface area contributed by atoms with E-state index >= 15 is 0 Å². The Morgan fingerprint density at radius 3 is 2.60 bits per heavy atom.